The van der Waals surface area contributed by atoms with Crippen LogP contribution in [0.5, 0.6) is 0 Å². The molecule has 0 saturated carbocycles. The maximum Gasteiger partial charge on any atom is 0.179 e. The van der Waals surface area contributed by atoms with E-state index in [4.69, 9.17) is 4.42 Å². The van der Waals surface area contributed by atoms with Crippen LogP contribution in [0, 0.1) is 0 Å². The molecule has 10 aromatic carbocycles. The van der Waals surface area contributed by atoms with Crippen LogP contribution in [0.15, 0.2) is 253 Å². The highest BCUT2D eigenvalue weighted by molar-refractivity contribution is 7.19. The molecular weight excluding hydrogens is 755 g/mol. The summed E-state index contributed by atoms with van der Waals surface area (Å²) in [7, 11) is -2.62. The van der Waals surface area contributed by atoms with Gasteiger partial charge in [0.25, 0.3) is 0 Å². The van der Waals surface area contributed by atoms with Gasteiger partial charge in [0.15, 0.2) is 13.7 Å². The molecule has 1 aromatic heterocycles. The molecule has 0 atom stereocenters. The van der Waals surface area contributed by atoms with Gasteiger partial charge in [-0.05, 0) is 67.1 Å². The number of para-hydroxylation sites is 2. The molecule has 0 fully saturated rings. The maximum atomic E-state index is 6.99. The lowest BCUT2D eigenvalue weighted by Crippen LogP contribution is -2.74. The predicted octanol–water partition coefficient (Wildman–Crippen LogP) is 12.9. The Morgan fingerprint density at radius 2 is 0.738 bits per heavy atom. The van der Waals surface area contributed by atoms with E-state index in [2.05, 4.69) is 254 Å². The highest BCUT2D eigenvalue weighted by atomic mass is 28.3. The summed E-state index contributed by atoms with van der Waals surface area (Å²) in [5.41, 5.74) is 9.45. The smallest absolute Gasteiger partial charge is 0.179 e. The molecule has 0 unspecified atom stereocenters. The second-order valence-corrected chi connectivity index (χ2v) is 19.4. The average molecular weight is 796 g/mol. The first-order valence-corrected chi connectivity index (χ1v) is 22.9. The molecule has 0 bridgehead atoms. The number of furan rings is 1. The summed E-state index contributed by atoms with van der Waals surface area (Å²) < 4.78 is 6.99. The van der Waals surface area contributed by atoms with Crippen LogP contribution in [0.1, 0.15) is 0 Å². The Morgan fingerprint density at radius 1 is 0.295 bits per heavy atom. The van der Waals surface area contributed by atoms with Gasteiger partial charge in [0.05, 0.1) is 11.4 Å². The minimum Gasteiger partial charge on any atom is -0.453 e. The van der Waals surface area contributed by atoms with Gasteiger partial charge in [-0.15, -0.1) is 0 Å². The average Bonchev–Trinajstić information content (AvgIpc) is 3.74. The van der Waals surface area contributed by atoms with Crippen LogP contribution in [0.3, 0.4) is 0 Å². The van der Waals surface area contributed by atoms with Crippen LogP contribution in [0.25, 0.3) is 55.0 Å². The molecular formula is C58H41NOSi. The third-order valence-corrected chi connectivity index (χ3v) is 17.0. The molecule has 0 N–H and O–H groups in total. The molecule has 0 radical (unpaired) electrons. The van der Waals surface area contributed by atoms with Crippen molar-refractivity contribution in [3.05, 3.63) is 249 Å². The molecule has 3 heteroatoms. The van der Waals surface area contributed by atoms with Crippen LogP contribution in [-0.2, 0) is 0 Å². The maximum absolute atomic E-state index is 6.99. The Morgan fingerprint density at radius 3 is 1.36 bits per heavy atom. The lowest BCUT2D eigenvalue weighted by Gasteiger charge is -2.34. The summed E-state index contributed by atoms with van der Waals surface area (Å²) in [5, 5.41) is 10.0. The van der Waals surface area contributed by atoms with Gasteiger partial charge in [0.2, 0.25) is 0 Å². The van der Waals surface area contributed by atoms with Gasteiger partial charge >= 0.3 is 0 Å². The first-order valence-electron chi connectivity index (χ1n) is 20.9. The van der Waals surface area contributed by atoms with Crippen molar-refractivity contribution in [2.24, 2.45) is 0 Å². The number of hydrogen-bond acceptors (Lipinski definition) is 2. The number of fused-ring (bicyclic) bond motifs is 4. The van der Waals surface area contributed by atoms with Crippen molar-refractivity contribution in [2.45, 2.75) is 0 Å². The number of benzene rings is 10. The zero-order valence-electron chi connectivity index (χ0n) is 33.5. The minimum absolute atomic E-state index is 0.858. The van der Waals surface area contributed by atoms with Gasteiger partial charge in [-0.25, -0.2) is 0 Å². The van der Waals surface area contributed by atoms with Crippen molar-refractivity contribution < 1.29 is 4.42 Å². The minimum atomic E-state index is -2.62. The molecule has 2 nitrogen and oxygen atoms in total. The Labute approximate surface area is 357 Å². The van der Waals surface area contributed by atoms with Crippen LogP contribution in [0.2, 0.25) is 0 Å². The highest BCUT2D eigenvalue weighted by Gasteiger charge is 2.41. The standard InChI is InChI=1S/C58H41NOSi/c1-5-18-45(19-6-1)52-29-16-30-53-54-31-17-33-56(58(54)60-57(52)53)59(55-32-15-21-44-20-13-14-28-51(44)55)46-38-34-42(35-39-46)43-36-40-50(41-37-43)61(47-22-7-2-8-23-47,48-24-9-3-10-25-48)49-26-11-4-12-27-49/h1-41H. The van der Waals surface area contributed by atoms with Crippen LogP contribution in [-0.4, -0.2) is 8.07 Å². The normalized spacial score (nSPS) is 11.6. The van der Waals surface area contributed by atoms with Gasteiger partial charge < -0.3 is 9.32 Å². The van der Waals surface area contributed by atoms with E-state index in [0.717, 1.165) is 55.7 Å². The van der Waals surface area contributed by atoms with E-state index >= 15 is 0 Å². The van der Waals surface area contributed by atoms with Gasteiger partial charge in [-0.1, -0.05) is 224 Å². The summed E-state index contributed by atoms with van der Waals surface area (Å²) in [4.78, 5) is 2.36. The number of hydrogen-bond donors (Lipinski definition) is 0. The second-order valence-electron chi connectivity index (χ2n) is 15.6. The molecule has 11 rings (SSSR count). The van der Waals surface area contributed by atoms with Crippen LogP contribution >= 0.6 is 0 Å². The Kier molecular flexibility index (Phi) is 9.22. The Bertz CT molecular complexity index is 3170. The molecule has 288 valence electrons. The summed E-state index contributed by atoms with van der Waals surface area (Å²) in [6.45, 7) is 0. The van der Waals surface area contributed by atoms with E-state index in [1.807, 2.05) is 0 Å². The van der Waals surface area contributed by atoms with E-state index in [1.54, 1.807) is 0 Å². The monoisotopic (exact) mass is 795 g/mol. The molecule has 0 amide bonds. The first kappa shape index (κ1) is 36.4. The van der Waals surface area contributed by atoms with Crippen molar-refractivity contribution >= 4 is 78.6 Å². The van der Waals surface area contributed by atoms with Crippen LogP contribution < -0.4 is 25.6 Å². The van der Waals surface area contributed by atoms with E-state index in [0.29, 0.717) is 0 Å². The lowest BCUT2D eigenvalue weighted by molar-refractivity contribution is 0.670. The van der Waals surface area contributed by atoms with Crippen molar-refractivity contribution in [1.82, 2.24) is 0 Å². The summed E-state index contributed by atoms with van der Waals surface area (Å²) in [6.07, 6.45) is 0. The zero-order valence-corrected chi connectivity index (χ0v) is 34.5. The number of anilines is 3. The summed E-state index contributed by atoms with van der Waals surface area (Å²) in [5.74, 6) is 0. The van der Waals surface area contributed by atoms with Crippen molar-refractivity contribution in [3.63, 3.8) is 0 Å². The van der Waals surface area contributed by atoms with Gasteiger partial charge in [0, 0.05) is 27.4 Å². The molecule has 11 aromatic rings. The zero-order chi connectivity index (χ0) is 40.6. The molecule has 0 saturated heterocycles. The third-order valence-electron chi connectivity index (χ3n) is 12.2. The Hall–Kier alpha value is -7.72. The lowest BCUT2D eigenvalue weighted by atomic mass is 10.0. The highest BCUT2D eigenvalue weighted by Crippen LogP contribution is 2.45. The largest absolute Gasteiger partial charge is 0.453 e. The fourth-order valence-electron chi connectivity index (χ4n) is 9.42. The third kappa shape index (κ3) is 6.26. The van der Waals surface area contributed by atoms with Gasteiger partial charge in [0.1, 0.15) is 5.58 Å². The van der Waals surface area contributed by atoms with Crippen LogP contribution in [0.4, 0.5) is 17.1 Å². The molecule has 0 aliphatic heterocycles. The van der Waals surface area contributed by atoms with Gasteiger partial charge in [-0.2, -0.15) is 0 Å². The molecule has 0 spiro atoms. The Balaban J connectivity index is 1.04. The fourth-order valence-corrected chi connectivity index (χ4v) is 14.2. The van der Waals surface area contributed by atoms with Crippen molar-refractivity contribution in [1.29, 1.82) is 0 Å². The van der Waals surface area contributed by atoms with Crippen molar-refractivity contribution in [3.8, 4) is 22.3 Å². The second kappa shape index (κ2) is 15.5. The van der Waals surface area contributed by atoms with E-state index in [9.17, 15) is 0 Å². The molecule has 1 heterocycles. The van der Waals surface area contributed by atoms with E-state index < -0.39 is 8.07 Å². The molecule has 0 aliphatic carbocycles. The number of rotatable bonds is 9. The predicted molar refractivity (Wildman–Crippen MR) is 260 cm³/mol. The van der Waals surface area contributed by atoms with Gasteiger partial charge in [-0.3, -0.25) is 0 Å². The summed E-state index contributed by atoms with van der Waals surface area (Å²) >= 11 is 0. The van der Waals surface area contributed by atoms with E-state index in [1.165, 1.54) is 37.1 Å². The molecule has 61 heavy (non-hydrogen) atoms. The summed E-state index contributed by atoms with van der Waals surface area (Å²) in [6, 6.07) is 90.3. The topological polar surface area (TPSA) is 16.4 Å². The quantitative estimate of drug-likeness (QED) is 0.107. The van der Waals surface area contributed by atoms with Crippen molar-refractivity contribution in [2.75, 3.05) is 4.90 Å². The van der Waals surface area contributed by atoms with E-state index in [-0.39, 0.29) is 0 Å². The SMILES string of the molecule is c1ccc(-c2cccc3c2oc2c(N(c4ccc(-c5ccc([Si](c6ccccc6)(c6ccccc6)c6ccccc6)cc5)cc4)c4cccc5ccccc45)cccc23)cc1. The first-order chi connectivity index (χ1) is 30.3. The number of nitrogens with zero attached hydrogens (tertiary/aromatic N) is 1. The molecule has 0 aliphatic rings. The fraction of sp³-hybridized carbons (Fsp3) is 0.